The first-order chi connectivity index (χ1) is 10.9. The molecule has 1 fully saturated rings. The number of benzene rings is 1. The van der Waals surface area contributed by atoms with Crippen molar-refractivity contribution < 1.29 is 4.79 Å². The number of hydrogen-bond donors (Lipinski definition) is 1. The fourth-order valence-corrected chi connectivity index (χ4v) is 3.17. The van der Waals surface area contributed by atoms with Crippen LogP contribution in [0.25, 0.3) is 11.3 Å². The van der Waals surface area contributed by atoms with Crippen LogP contribution in [-0.4, -0.2) is 33.9 Å². The highest BCUT2D eigenvalue weighted by atomic mass is 16.2. The standard InChI is InChI=1S/C19H25N3O/c1-12(2)10-22-11-16(8-18(22)23)19-20-9-17(21-19)15-6-5-13(3)14(4)7-15/h5-7,9,12,16H,8,10-11H2,1-4H3,(H,20,21). The average Bonchev–Trinajstić information content (AvgIpc) is 3.09. The van der Waals surface area contributed by atoms with Crippen LogP contribution in [0.5, 0.6) is 0 Å². The summed E-state index contributed by atoms with van der Waals surface area (Å²) in [5.74, 6) is 1.85. The number of carbonyl (C=O) groups is 1. The van der Waals surface area contributed by atoms with E-state index in [4.69, 9.17) is 0 Å². The minimum atomic E-state index is 0.182. The fourth-order valence-electron chi connectivity index (χ4n) is 3.17. The molecule has 1 unspecified atom stereocenters. The summed E-state index contributed by atoms with van der Waals surface area (Å²) in [5.41, 5.74) is 4.74. The summed E-state index contributed by atoms with van der Waals surface area (Å²) in [6.45, 7) is 10.1. The predicted molar refractivity (Wildman–Crippen MR) is 92.3 cm³/mol. The maximum Gasteiger partial charge on any atom is 0.223 e. The van der Waals surface area contributed by atoms with Gasteiger partial charge in [-0.1, -0.05) is 26.0 Å². The lowest BCUT2D eigenvalue weighted by Gasteiger charge is -2.18. The number of aryl methyl sites for hydroxylation is 2. The Bertz CT molecular complexity index is 717. The lowest BCUT2D eigenvalue weighted by atomic mass is 10.0. The van der Waals surface area contributed by atoms with E-state index < -0.39 is 0 Å². The van der Waals surface area contributed by atoms with Crippen molar-refractivity contribution in [1.82, 2.24) is 14.9 Å². The number of aromatic amines is 1. The molecule has 0 saturated carbocycles. The summed E-state index contributed by atoms with van der Waals surface area (Å²) in [6.07, 6.45) is 2.45. The second kappa shape index (κ2) is 6.19. The van der Waals surface area contributed by atoms with Gasteiger partial charge in [0.25, 0.3) is 0 Å². The Kier molecular flexibility index (Phi) is 4.24. The van der Waals surface area contributed by atoms with E-state index in [1.54, 1.807) is 0 Å². The van der Waals surface area contributed by atoms with Gasteiger partial charge >= 0.3 is 0 Å². The van der Waals surface area contributed by atoms with Gasteiger partial charge in [-0.15, -0.1) is 0 Å². The molecule has 1 aliphatic rings. The molecule has 4 nitrogen and oxygen atoms in total. The third-order valence-electron chi connectivity index (χ3n) is 4.60. The number of rotatable bonds is 4. The van der Waals surface area contributed by atoms with E-state index in [2.05, 4.69) is 55.9 Å². The molecule has 1 aromatic heterocycles. The normalized spacial score (nSPS) is 18.2. The molecule has 4 heteroatoms. The minimum absolute atomic E-state index is 0.182. The zero-order valence-corrected chi connectivity index (χ0v) is 14.4. The van der Waals surface area contributed by atoms with Crippen LogP contribution in [0.15, 0.2) is 24.4 Å². The number of nitrogens with one attached hydrogen (secondary N) is 1. The Balaban J connectivity index is 1.77. The Labute approximate surface area is 137 Å². The SMILES string of the molecule is Cc1ccc(-c2cnc(C3CC(=O)N(CC(C)C)C3)[nH]2)cc1C. The molecule has 1 saturated heterocycles. The van der Waals surface area contributed by atoms with E-state index in [0.29, 0.717) is 12.3 Å². The molecule has 1 aromatic carbocycles. The first-order valence-corrected chi connectivity index (χ1v) is 8.34. The van der Waals surface area contributed by atoms with Crippen LogP contribution in [-0.2, 0) is 4.79 Å². The number of hydrogen-bond acceptors (Lipinski definition) is 2. The van der Waals surface area contributed by atoms with Gasteiger partial charge in [-0.25, -0.2) is 4.98 Å². The number of imidazole rings is 1. The van der Waals surface area contributed by atoms with Crippen molar-refractivity contribution in [3.8, 4) is 11.3 Å². The number of likely N-dealkylation sites (tertiary alicyclic amines) is 1. The van der Waals surface area contributed by atoms with Crippen LogP contribution in [0.1, 0.15) is 43.1 Å². The zero-order valence-electron chi connectivity index (χ0n) is 14.4. The fraction of sp³-hybridized carbons (Fsp3) is 0.474. The molecule has 1 N–H and O–H groups in total. The van der Waals surface area contributed by atoms with Gasteiger partial charge in [0.05, 0.1) is 11.9 Å². The lowest BCUT2D eigenvalue weighted by molar-refractivity contribution is -0.128. The predicted octanol–water partition coefficient (Wildman–Crippen LogP) is 3.67. The number of carbonyl (C=O) groups excluding carboxylic acids is 1. The van der Waals surface area contributed by atoms with E-state index in [1.165, 1.54) is 11.1 Å². The quantitative estimate of drug-likeness (QED) is 0.936. The number of H-pyrrole nitrogens is 1. The van der Waals surface area contributed by atoms with Gasteiger partial charge in [0.2, 0.25) is 5.91 Å². The summed E-state index contributed by atoms with van der Waals surface area (Å²) in [7, 11) is 0. The van der Waals surface area contributed by atoms with E-state index in [-0.39, 0.29) is 11.8 Å². The average molecular weight is 311 g/mol. The molecule has 0 bridgehead atoms. The first kappa shape index (κ1) is 15.8. The number of nitrogens with zero attached hydrogens (tertiary/aromatic N) is 2. The van der Waals surface area contributed by atoms with E-state index in [9.17, 15) is 4.79 Å². The molecule has 3 rings (SSSR count). The van der Waals surface area contributed by atoms with Crippen molar-refractivity contribution in [2.75, 3.05) is 13.1 Å². The van der Waals surface area contributed by atoms with E-state index in [0.717, 1.165) is 30.2 Å². The van der Waals surface area contributed by atoms with Crippen molar-refractivity contribution in [1.29, 1.82) is 0 Å². The molecule has 1 atom stereocenters. The monoisotopic (exact) mass is 311 g/mol. The van der Waals surface area contributed by atoms with Crippen molar-refractivity contribution in [2.45, 2.75) is 40.0 Å². The van der Waals surface area contributed by atoms with Gasteiger partial charge in [-0.05, 0) is 42.5 Å². The molecule has 122 valence electrons. The second-order valence-electron chi connectivity index (χ2n) is 7.07. The molecule has 2 aromatic rings. The maximum absolute atomic E-state index is 12.1. The maximum atomic E-state index is 12.1. The topological polar surface area (TPSA) is 49.0 Å². The van der Waals surface area contributed by atoms with Crippen LogP contribution in [0, 0.1) is 19.8 Å². The van der Waals surface area contributed by atoms with E-state index in [1.807, 2.05) is 11.1 Å². The van der Waals surface area contributed by atoms with Gasteiger partial charge in [0.1, 0.15) is 5.82 Å². The Morgan fingerprint density at radius 2 is 2.09 bits per heavy atom. The smallest absolute Gasteiger partial charge is 0.223 e. The Hall–Kier alpha value is -2.10. The van der Waals surface area contributed by atoms with E-state index >= 15 is 0 Å². The van der Waals surface area contributed by atoms with Crippen LogP contribution >= 0.6 is 0 Å². The highest BCUT2D eigenvalue weighted by Gasteiger charge is 2.32. The number of aromatic nitrogens is 2. The summed E-state index contributed by atoms with van der Waals surface area (Å²) < 4.78 is 0. The molecule has 1 aliphatic heterocycles. The highest BCUT2D eigenvalue weighted by molar-refractivity contribution is 5.79. The molecule has 0 radical (unpaired) electrons. The third kappa shape index (κ3) is 3.31. The second-order valence-corrected chi connectivity index (χ2v) is 7.07. The molecule has 0 spiro atoms. The molecular weight excluding hydrogens is 286 g/mol. The lowest BCUT2D eigenvalue weighted by Crippen LogP contribution is -2.29. The molecule has 2 heterocycles. The summed E-state index contributed by atoms with van der Waals surface area (Å²) in [5, 5.41) is 0. The minimum Gasteiger partial charge on any atom is -0.342 e. The van der Waals surface area contributed by atoms with Crippen LogP contribution in [0.2, 0.25) is 0 Å². The van der Waals surface area contributed by atoms with Gasteiger partial charge in [-0.3, -0.25) is 4.79 Å². The van der Waals surface area contributed by atoms with Gasteiger partial charge in [-0.2, -0.15) is 0 Å². The van der Waals surface area contributed by atoms with Crippen LogP contribution < -0.4 is 0 Å². The highest BCUT2D eigenvalue weighted by Crippen LogP contribution is 2.29. The molecule has 0 aliphatic carbocycles. The van der Waals surface area contributed by atoms with Gasteiger partial charge in [0, 0.05) is 25.4 Å². The molecular formula is C19H25N3O. The molecule has 1 amide bonds. The Morgan fingerprint density at radius 1 is 1.30 bits per heavy atom. The van der Waals surface area contributed by atoms with Crippen molar-refractivity contribution >= 4 is 5.91 Å². The third-order valence-corrected chi connectivity index (χ3v) is 4.60. The van der Waals surface area contributed by atoms with Crippen molar-refractivity contribution in [3.63, 3.8) is 0 Å². The van der Waals surface area contributed by atoms with Crippen LogP contribution in [0.4, 0.5) is 0 Å². The van der Waals surface area contributed by atoms with Crippen LogP contribution in [0.3, 0.4) is 0 Å². The molecule has 23 heavy (non-hydrogen) atoms. The zero-order chi connectivity index (χ0) is 16.6. The van der Waals surface area contributed by atoms with Gasteiger partial charge < -0.3 is 9.88 Å². The number of amides is 1. The van der Waals surface area contributed by atoms with Crippen molar-refractivity contribution in [2.24, 2.45) is 5.92 Å². The summed E-state index contributed by atoms with van der Waals surface area (Å²) in [4.78, 5) is 22.1. The first-order valence-electron chi connectivity index (χ1n) is 8.34. The summed E-state index contributed by atoms with van der Waals surface area (Å²) in [6, 6.07) is 6.43. The largest absolute Gasteiger partial charge is 0.342 e. The van der Waals surface area contributed by atoms with Gasteiger partial charge in [0.15, 0.2) is 0 Å². The summed E-state index contributed by atoms with van der Waals surface area (Å²) >= 11 is 0. The Morgan fingerprint density at radius 3 is 2.78 bits per heavy atom. The van der Waals surface area contributed by atoms with Crippen molar-refractivity contribution in [3.05, 3.63) is 41.3 Å².